The number of nitrogens with zero attached hydrogens (tertiary/aromatic N) is 3. The number of Topliss-reactive ketones (excluding diaryl/α,β-unsaturated/α-hetero) is 1. The van der Waals surface area contributed by atoms with Gasteiger partial charge in [-0.3, -0.25) is 9.59 Å². The Bertz CT molecular complexity index is 1330. The number of para-hydroxylation sites is 2. The third kappa shape index (κ3) is 3.56. The number of hydrogen-bond acceptors (Lipinski definition) is 8. The minimum Gasteiger partial charge on any atom is -0.506 e. The van der Waals surface area contributed by atoms with Crippen LogP contribution in [0.3, 0.4) is 0 Å². The van der Waals surface area contributed by atoms with Crippen molar-refractivity contribution in [3.05, 3.63) is 82.5 Å². The molecule has 2 aromatic heterocycles. The van der Waals surface area contributed by atoms with Gasteiger partial charge in [0.1, 0.15) is 16.8 Å². The minimum absolute atomic E-state index is 0.00888. The predicted molar refractivity (Wildman–Crippen MR) is 106 cm³/mol. The Morgan fingerprint density at radius 3 is 2.50 bits per heavy atom. The molecule has 0 atom stereocenters. The molecular formula is C20H13N5O5. The number of carbonyl (C=O) groups is 2. The SMILES string of the molecule is O=C(Nc1cn[nH]n1)C(=O)/C(=C(/O)c1ccccc1)c1nc2ccccc2oc1=O. The molecule has 1 amide bonds. The quantitative estimate of drug-likeness (QED) is 0.260. The van der Waals surface area contributed by atoms with Gasteiger partial charge in [0.25, 0.3) is 11.7 Å². The van der Waals surface area contributed by atoms with Gasteiger partial charge in [-0.25, -0.2) is 9.78 Å². The second-order valence-corrected chi connectivity index (χ2v) is 6.05. The average molecular weight is 403 g/mol. The molecule has 10 heteroatoms. The summed E-state index contributed by atoms with van der Waals surface area (Å²) in [6, 6.07) is 14.4. The van der Waals surface area contributed by atoms with Gasteiger partial charge in [-0.15, -0.1) is 5.10 Å². The molecule has 30 heavy (non-hydrogen) atoms. The van der Waals surface area contributed by atoms with E-state index in [9.17, 15) is 19.5 Å². The molecule has 0 fully saturated rings. The third-order valence-corrected chi connectivity index (χ3v) is 4.10. The summed E-state index contributed by atoms with van der Waals surface area (Å²) < 4.78 is 5.22. The summed E-state index contributed by atoms with van der Waals surface area (Å²) in [5.41, 5.74) is -1.38. The average Bonchev–Trinajstić information content (AvgIpc) is 3.27. The van der Waals surface area contributed by atoms with E-state index >= 15 is 0 Å². The van der Waals surface area contributed by atoms with Crippen LogP contribution in [0.15, 0.2) is 70.0 Å². The lowest BCUT2D eigenvalue weighted by molar-refractivity contribution is -0.131. The zero-order valence-electron chi connectivity index (χ0n) is 15.2. The molecule has 10 nitrogen and oxygen atoms in total. The van der Waals surface area contributed by atoms with Gasteiger partial charge in [-0.05, 0) is 12.1 Å². The van der Waals surface area contributed by atoms with Gasteiger partial charge in [0.2, 0.25) is 0 Å². The van der Waals surface area contributed by atoms with Crippen molar-refractivity contribution >= 4 is 39.9 Å². The van der Waals surface area contributed by atoms with Crippen molar-refractivity contribution in [2.75, 3.05) is 5.32 Å². The number of anilines is 1. The molecule has 4 rings (SSSR count). The fourth-order valence-corrected chi connectivity index (χ4v) is 2.72. The van der Waals surface area contributed by atoms with Gasteiger partial charge >= 0.3 is 5.63 Å². The Labute approximate surface area is 167 Å². The van der Waals surface area contributed by atoms with Crippen LogP contribution in [-0.2, 0) is 9.59 Å². The molecule has 148 valence electrons. The Kier molecular flexibility index (Phi) is 4.87. The van der Waals surface area contributed by atoms with Crippen LogP contribution in [0.5, 0.6) is 0 Å². The first kappa shape index (κ1) is 18.7. The normalized spacial score (nSPS) is 11.7. The summed E-state index contributed by atoms with van der Waals surface area (Å²) in [5, 5.41) is 22.5. The highest BCUT2D eigenvalue weighted by molar-refractivity contribution is 6.57. The second-order valence-electron chi connectivity index (χ2n) is 6.05. The van der Waals surface area contributed by atoms with E-state index in [1.807, 2.05) is 0 Å². The lowest BCUT2D eigenvalue weighted by Crippen LogP contribution is -2.27. The number of aromatic nitrogens is 4. The number of carbonyl (C=O) groups excluding carboxylic acids is 2. The number of nitrogens with one attached hydrogen (secondary N) is 2. The summed E-state index contributed by atoms with van der Waals surface area (Å²) in [7, 11) is 0. The van der Waals surface area contributed by atoms with Crippen molar-refractivity contribution in [2.24, 2.45) is 0 Å². The van der Waals surface area contributed by atoms with Crippen LogP contribution in [0.25, 0.3) is 22.4 Å². The topological polar surface area (TPSA) is 151 Å². The number of aliphatic hydroxyl groups excluding tert-OH is 1. The number of ketones is 1. The van der Waals surface area contributed by atoms with E-state index in [-0.39, 0.29) is 22.5 Å². The molecule has 3 N–H and O–H groups in total. The number of amides is 1. The third-order valence-electron chi connectivity index (χ3n) is 4.10. The van der Waals surface area contributed by atoms with Crippen molar-refractivity contribution in [3.8, 4) is 0 Å². The van der Waals surface area contributed by atoms with Gasteiger partial charge in [0.05, 0.1) is 6.20 Å². The van der Waals surface area contributed by atoms with Crippen LogP contribution in [0, 0.1) is 0 Å². The summed E-state index contributed by atoms with van der Waals surface area (Å²) >= 11 is 0. The van der Waals surface area contributed by atoms with Crippen molar-refractivity contribution in [1.82, 2.24) is 20.4 Å². The molecule has 0 saturated carbocycles. The molecule has 0 aliphatic carbocycles. The van der Waals surface area contributed by atoms with Crippen LogP contribution < -0.4 is 10.9 Å². The molecule has 4 aromatic rings. The van der Waals surface area contributed by atoms with E-state index in [1.165, 1.54) is 24.4 Å². The maximum atomic E-state index is 13.0. The first-order valence-electron chi connectivity index (χ1n) is 8.65. The Hall–Kier alpha value is -4.60. The number of rotatable bonds is 5. The smallest absolute Gasteiger partial charge is 0.363 e. The zero-order chi connectivity index (χ0) is 21.1. The van der Waals surface area contributed by atoms with Gasteiger partial charge in [-0.1, -0.05) is 42.5 Å². The highest BCUT2D eigenvalue weighted by Crippen LogP contribution is 2.24. The molecular weight excluding hydrogens is 390 g/mol. The summed E-state index contributed by atoms with van der Waals surface area (Å²) in [5.74, 6) is -2.94. The highest BCUT2D eigenvalue weighted by atomic mass is 16.4. The molecule has 0 aliphatic rings. The number of H-pyrrole nitrogens is 1. The molecule has 0 aliphatic heterocycles. The van der Waals surface area contributed by atoms with Crippen LogP contribution in [0.2, 0.25) is 0 Å². The van der Waals surface area contributed by atoms with Crippen molar-refractivity contribution in [1.29, 1.82) is 0 Å². The molecule has 0 bridgehead atoms. The van der Waals surface area contributed by atoms with Crippen LogP contribution in [0.1, 0.15) is 11.3 Å². The summed E-state index contributed by atoms with van der Waals surface area (Å²) in [6.45, 7) is 0. The van der Waals surface area contributed by atoms with E-state index in [2.05, 4.69) is 25.7 Å². The Balaban J connectivity index is 1.88. The van der Waals surface area contributed by atoms with Crippen LogP contribution in [-0.4, -0.2) is 37.2 Å². The van der Waals surface area contributed by atoms with E-state index < -0.39 is 34.3 Å². The van der Waals surface area contributed by atoms with Gasteiger partial charge in [0, 0.05) is 5.56 Å². The number of aromatic amines is 1. The maximum absolute atomic E-state index is 13.0. The van der Waals surface area contributed by atoms with Crippen molar-refractivity contribution < 1.29 is 19.1 Å². The lowest BCUT2D eigenvalue weighted by atomic mass is 10.0. The molecule has 0 spiro atoms. The maximum Gasteiger partial charge on any atom is 0.363 e. The van der Waals surface area contributed by atoms with Crippen molar-refractivity contribution in [2.45, 2.75) is 0 Å². The Morgan fingerprint density at radius 1 is 1.03 bits per heavy atom. The first-order valence-corrected chi connectivity index (χ1v) is 8.65. The fraction of sp³-hybridized carbons (Fsp3) is 0. The highest BCUT2D eigenvalue weighted by Gasteiger charge is 2.30. The standard InChI is InChI=1S/C20H13N5O5/c26-17(11-6-2-1-3-7-11)15(18(27)19(28)23-14-10-21-25-24-14)16-20(29)30-13-9-5-4-8-12(13)22-16/h1-10,26H,(H2,21,23,24,25,28)/b17-15+. The van der Waals surface area contributed by atoms with E-state index in [1.54, 1.807) is 36.4 Å². The number of fused-ring (bicyclic) bond motifs is 1. The van der Waals surface area contributed by atoms with Gasteiger partial charge < -0.3 is 14.8 Å². The monoisotopic (exact) mass is 403 g/mol. The minimum atomic E-state index is -1.20. The van der Waals surface area contributed by atoms with E-state index in [4.69, 9.17) is 4.42 Å². The summed E-state index contributed by atoms with van der Waals surface area (Å²) in [6.07, 6.45) is 1.19. The first-order chi connectivity index (χ1) is 14.5. The largest absolute Gasteiger partial charge is 0.506 e. The molecule has 0 radical (unpaired) electrons. The second kappa shape index (κ2) is 7.80. The van der Waals surface area contributed by atoms with E-state index in [0.717, 1.165) is 0 Å². The molecule has 0 saturated heterocycles. The summed E-state index contributed by atoms with van der Waals surface area (Å²) in [4.78, 5) is 42.2. The molecule has 2 aromatic carbocycles. The van der Waals surface area contributed by atoms with Crippen molar-refractivity contribution in [3.63, 3.8) is 0 Å². The van der Waals surface area contributed by atoms with Crippen LogP contribution >= 0.6 is 0 Å². The lowest BCUT2D eigenvalue weighted by Gasteiger charge is -2.09. The fourth-order valence-electron chi connectivity index (χ4n) is 2.72. The zero-order valence-corrected chi connectivity index (χ0v) is 15.2. The number of aliphatic hydroxyl groups is 1. The van der Waals surface area contributed by atoms with Crippen LogP contribution in [0.4, 0.5) is 5.82 Å². The van der Waals surface area contributed by atoms with Gasteiger partial charge in [0.15, 0.2) is 17.1 Å². The Morgan fingerprint density at radius 2 is 1.77 bits per heavy atom. The van der Waals surface area contributed by atoms with Gasteiger partial charge in [-0.2, -0.15) is 10.3 Å². The van der Waals surface area contributed by atoms with E-state index in [0.29, 0.717) is 0 Å². The predicted octanol–water partition coefficient (Wildman–Crippen LogP) is 1.94. The molecule has 0 unspecified atom stereocenters. The molecule has 2 heterocycles. The number of hydrogen-bond donors (Lipinski definition) is 3. The number of benzene rings is 2.